The number of H-pyrrole nitrogens is 1. The summed E-state index contributed by atoms with van der Waals surface area (Å²) in [6, 6.07) is 19.9. The summed E-state index contributed by atoms with van der Waals surface area (Å²) < 4.78 is 6.23. The fourth-order valence-electron chi connectivity index (χ4n) is 6.54. The predicted molar refractivity (Wildman–Crippen MR) is 170 cm³/mol. The number of aromatic amines is 1. The van der Waals surface area contributed by atoms with E-state index in [-0.39, 0.29) is 34.0 Å². The van der Waals surface area contributed by atoms with Gasteiger partial charge in [0.2, 0.25) is 11.7 Å². The summed E-state index contributed by atoms with van der Waals surface area (Å²) in [7, 11) is 0. The van der Waals surface area contributed by atoms with E-state index in [0.29, 0.717) is 36.7 Å². The van der Waals surface area contributed by atoms with E-state index in [2.05, 4.69) is 41.0 Å². The second-order valence-corrected chi connectivity index (χ2v) is 11.9. The quantitative estimate of drug-likeness (QED) is 0.160. The van der Waals surface area contributed by atoms with E-state index in [9.17, 15) is 19.5 Å². The lowest BCUT2D eigenvalue weighted by atomic mass is 10.1. The number of amidine groups is 2. The monoisotopic (exact) mass is 634 g/mol. The molecule has 1 saturated heterocycles. The zero-order valence-corrected chi connectivity index (χ0v) is 25.6. The Bertz CT molecular complexity index is 1930. The number of pyridine rings is 1. The topological polar surface area (TPSA) is 184 Å². The highest BCUT2D eigenvalue weighted by Crippen LogP contribution is 2.47. The maximum absolute atomic E-state index is 13.2. The highest BCUT2D eigenvalue weighted by molar-refractivity contribution is 6.34. The number of hydrogen-bond acceptors (Lipinski definition) is 9. The second kappa shape index (κ2) is 11.9. The van der Waals surface area contributed by atoms with Crippen LogP contribution in [0.2, 0.25) is 0 Å². The molecule has 3 aliphatic heterocycles. The Morgan fingerprint density at radius 2 is 1.68 bits per heavy atom. The molecule has 0 radical (unpaired) electrons. The molecule has 2 aromatic carbocycles. The first kappa shape index (κ1) is 29.9. The summed E-state index contributed by atoms with van der Waals surface area (Å²) in [5.41, 5.74) is 2.82. The van der Waals surface area contributed by atoms with Crippen LogP contribution in [0, 0.1) is 0 Å². The standard InChI is InChI=1S/C33H31N9O5/c1-18-23(42(18)26(39-41-30(42)33(45)46)16-21-11-7-4-8-12-21)13-22-14-24-28(34-17-22)37-31(43)27(19(2)47-24)36-32(44)29-35-25(38-40-29)15-20-9-5-3-6-10-20/h3-12,14,17-19,23,27H,13,15-16H2,1-2H3,(H3-,34,35,36,37,38,40,43,44,45,46)/p+1/t18?,19-,23?,27-,42?/m0/s1. The molecule has 14 heteroatoms. The third-order valence-corrected chi connectivity index (χ3v) is 8.96. The molecule has 0 aliphatic carbocycles. The minimum atomic E-state index is -1.10. The van der Waals surface area contributed by atoms with Crippen molar-refractivity contribution in [1.29, 1.82) is 0 Å². The smallest absolute Gasteiger partial charge is 0.413 e. The van der Waals surface area contributed by atoms with Gasteiger partial charge >= 0.3 is 11.8 Å². The molecule has 14 nitrogen and oxygen atoms in total. The van der Waals surface area contributed by atoms with Gasteiger partial charge in [0, 0.05) is 19.0 Å². The van der Waals surface area contributed by atoms with Gasteiger partial charge in [-0.2, -0.15) is 0 Å². The van der Waals surface area contributed by atoms with Crippen LogP contribution in [0.15, 0.2) is 83.1 Å². The van der Waals surface area contributed by atoms with Crippen molar-refractivity contribution in [2.24, 2.45) is 10.2 Å². The number of carboxylic acid groups (broad SMARTS) is 1. The third kappa shape index (κ3) is 5.52. The van der Waals surface area contributed by atoms with E-state index < -0.39 is 29.9 Å². The molecule has 4 aromatic rings. The lowest BCUT2D eigenvalue weighted by Crippen LogP contribution is -2.51. The number of carbonyl (C=O) groups excluding carboxylic acids is 2. The molecule has 0 bridgehead atoms. The molecule has 1 spiro atoms. The normalized spacial score (nSPS) is 24.3. The minimum Gasteiger partial charge on any atom is -0.484 e. The number of nitrogens with one attached hydrogen (secondary N) is 3. The molecule has 5 atom stereocenters. The first-order valence-corrected chi connectivity index (χ1v) is 15.3. The Morgan fingerprint density at radius 1 is 0.979 bits per heavy atom. The number of carbonyl (C=O) groups is 3. The lowest BCUT2D eigenvalue weighted by molar-refractivity contribution is -0.621. The SMILES string of the molecule is CC1C(Cc2cnc3c(c2)O[C@@H](C)[C@H](NC(=O)c2n[nH]c(Cc4ccccc4)n2)C(=O)N3)[N+]12C(Cc1ccccc1)=NN=C2C(=O)O. The van der Waals surface area contributed by atoms with Gasteiger partial charge in [0.25, 0.3) is 11.8 Å². The molecule has 7 rings (SSSR count). The van der Waals surface area contributed by atoms with Crippen molar-refractivity contribution in [1.82, 2.24) is 25.5 Å². The van der Waals surface area contributed by atoms with Gasteiger partial charge < -0.3 is 20.5 Å². The van der Waals surface area contributed by atoms with E-state index in [1.165, 1.54) is 0 Å². The highest BCUT2D eigenvalue weighted by atomic mass is 16.5. The molecule has 3 unspecified atom stereocenters. The Labute approximate surface area is 269 Å². The van der Waals surface area contributed by atoms with Crippen molar-refractivity contribution < 1.29 is 28.7 Å². The number of ether oxygens (including phenoxy) is 1. The van der Waals surface area contributed by atoms with E-state index in [0.717, 1.165) is 16.7 Å². The predicted octanol–water partition coefficient (Wildman–Crippen LogP) is 2.49. The largest absolute Gasteiger partial charge is 0.484 e. The summed E-state index contributed by atoms with van der Waals surface area (Å²) in [6.45, 7) is 3.68. The molecular weight excluding hydrogens is 602 g/mol. The molecule has 2 aromatic heterocycles. The number of fused-ring (bicyclic) bond motifs is 1. The zero-order valence-electron chi connectivity index (χ0n) is 25.6. The molecule has 5 heterocycles. The van der Waals surface area contributed by atoms with Gasteiger partial charge in [-0.25, -0.2) is 19.2 Å². The summed E-state index contributed by atoms with van der Waals surface area (Å²) in [5.74, 6) is -0.537. The van der Waals surface area contributed by atoms with Gasteiger partial charge in [-0.15, -0.1) is 5.10 Å². The van der Waals surface area contributed by atoms with Crippen molar-refractivity contribution in [3.63, 3.8) is 0 Å². The number of aromatic nitrogens is 4. The number of quaternary nitrogens is 1. The van der Waals surface area contributed by atoms with Crippen molar-refractivity contribution >= 4 is 35.3 Å². The van der Waals surface area contributed by atoms with E-state index in [1.54, 1.807) is 19.2 Å². The molecule has 238 valence electrons. The second-order valence-electron chi connectivity index (χ2n) is 11.9. The van der Waals surface area contributed by atoms with Crippen molar-refractivity contribution in [2.75, 3.05) is 5.32 Å². The van der Waals surface area contributed by atoms with Crippen LogP contribution in [-0.2, 0) is 28.9 Å². The number of anilines is 1. The summed E-state index contributed by atoms with van der Waals surface area (Å²) in [5, 5.41) is 30.7. The van der Waals surface area contributed by atoms with Crippen molar-refractivity contribution in [2.45, 2.75) is 57.3 Å². The average Bonchev–Trinajstić information content (AvgIpc) is 3.36. The summed E-state index contributed by atoms with van der Waals surface area (Å²) in [4.78, 5) is 47.2. The first-order valence-electron chi connectivity index (χ1n) is 15.3. The minimum absolute atomic E-state index is 0.00505. The van der Waals surface area contributed by atoms with Gasteiger partial charge in [-0.3, -0.25) is 14.7 Å². The zero-order chi connectivity index (χ0) is 32.7. The van der Waals surface area contributed by atoms with Crippen LogP contribution < -0.4 is 15.4 Å². The van der Waals surface area contributed by atoms with Gasteiger partial charge in [0.15, 0.2) is 23.7 Å². The number of amides is 2. The number of carboxylic acids is 1. The summed E-state index contributed by atoms with van der Waals surface area (Å²) >= 11 is 0. The maximum Gasteiger partial charge on any atom is 0.413 e. The van der Waals surface area contributed by atoms with E-state index in [1.807, 2.05) is 67.6 Å². The van der Waals surface area contributed by atoms with Crippen LogP contribution >= 0.6 is 0 Å². The highest BCUT2D eigenvalue weighted by Gasteiger charge is 2.73. The molecule has 3 aliphatic rings. The molecule has 0 saturated carbocycles. The average molecular weight is 635 g/mol. The van der Waals surface area contributed by atoms with E-state index >= 15 is 0 Å². The van der Waals surface area contributed by atoms with E-state index in [4.69, 9.17) is 4.74 Å². The van der Waals surface area contributed by atoms with Crippen LogP contribution in [0.3, 0.4) is 0 Å². The number of benzene rings is 2. The van der Waals surface area contributed by atoms with Gasteiger partial charge in [0.05, 0.1) is 6.42 Å². The Hall–Kier alpha value is -5.76. The third-order valence-electron chi connectivity index (χ3n) is 8.96. The Morgan fingerprint density at radius 3 is 2.38 bits per heavy atom. The Kier molecular flexibility index (Phi) is 7.56. The number of aliphatic carboxylic acids is 1. The molecule has 4 N–H and O–H groups in total. The lowest BCUT2D eigenvalue weighted by Gasteiger charge is -2.20. The number of hydrogen-bond donors (Lipinski definition) is 4. The van der Waals surface area contributed by atoms with Crippen molar-refractivity contribution in [3.05, 3.63) is 101 Å². The molecular formula is C33H32N9O5+. The number of rotatable bonds is 9. The van der Waals surface area contributed by atoms with Crippen molar-refractivity contribution in [3.8, 4) is 5.75 Å². The van der Waals surface area contributed by atoms with Crippen LogP contribution in [0.5, 0.6) is 5.75 Å². The van der Waals surface area contributed by atoms with Crippen LogP contribution in [0.1, 0.15) is 47.0 Å². The Balaban J connectivity index is 1.04. The summed E-state index contributed by atoms with van der Waals surface area (Å²) in [6.07, 6.45) is 2.30. The first-order chi connectivity index (χ1) is 22.7. The number of nitrogens with zero attached hydrogens (tertiary/aromatic N) is 6. The van der Waals surface area contributed by atoms with Gasteiger partial charge in [-0.05, 0) is 36.6 Å². The molecule has 1 fully saturated rings. The van der Waals surface area contributed by atoms with Crippen LogP contribution in [-0.4, -0.2) is 83.4 Å². The van der Waals surface area contributed by atoms with Gasteiger partial charge in [-0.1, -0.05) is 70.9 Å². The maximum atomic E-state index is 13.2. The van der Waals surface area contributed by atoms with Crippen LogP contribution in [0.25, 0.3) is 0 Å². The fourth-order valence-corrected chi connectivity index (χ4v) is 6.54. The molecule has 47 heavy (non-hydrogen) atoms. The fraction of sp³-hybridized carbons (Fsp3) is 0.273. The molecule has 2 amide bonds. The van der Waals surface area contributed by atoms with Crippen LogP contribution in [0.4, 0.5) is 5.82 Å². The van der Waals surface area contributed by atoms with Gasteiger partial charge in [0.1, 0.15) is 18.0 Å².